The molecule has 0 amide bonds. The number of thiazole rings is 1. The Morgan fingerprint density at radius 3 is 2.35 bits per heavy atom. The molecule has 0 spiro atoms. The van der Waals surface area contributed by atoms with Crippen molar-refractivity contribution in [3.8, 4) is 22.8 Å². The molecular formula is C15H9Cl2NOS. The van der Waals surface area contributed by atoms with Gasteiger partial charge in [-0.2, -0.15) is 0 Å². The second-order valence-corrected chi connectivity index (χ2v) is 5.63. The largest absolute Gasteiger partial charge is 0.457 e. The average Bonchev–Trinajstić information content (AvgIpc) is 2.95. The third-order valence-corrected chi connectivity index (χ3v) is 3.85. The number of benzene rings is 2. The summed E-state index contributed by atoms with van der Waals surface area (Å²) >= 11 is 13.6. The minimum Gasteiger partial charge on any atom is -0.457 e. The molecular weight excluding hydrogens is 313 g/mol. The van der Waals surface area contributed by atoms with Crippen molar-refractivity contribution >= 4 is 34.5 Å². The molecule has 0 N–H and O–H groups in total. The number of hydrogen-bond acceptors (Lipinski definition) is 3. The van der Waals surface area contributed by atoms with Crippen LogP contribution in [0.2, 0.25) is 10.0 Å². The molecule has 20 heavy (non-hydrogen) atoms. The van der Waals surface area contributed by atoms with Crippen molar-refractivity contribution in [2.24, 2.45) is 0 Å². The predicted octanol–water partition coefficient (Wildman–Crippen LogP) is 5.91. The van der Waals surface area contributed by atoms with Crippen LogP contribution in [-0.4, -0.2) is 4.98 Å². The summed E-state index contributed by atoms with van der Waals surface area (Å²) in [5, 5.41) is 3.25. The highest BCUT2D eigenvalue weighted by Gasteiger charge is 2.07. The lowest BCUT2D eigenvalue weighted by molar-refractivity contribution is 0.483. The second kappa shape index (κ2) is 5.83. The molecule has 0 saturated carbocycles. The highest BCUT2D eigenvalue weighted by molar-refractivity contribution is 7.07. The van der Waals surface area contributed by atoms with Gasteiger partial charge in [-0.1, -0.05) is 23.2 Å². The SMILES string of the molecule is Clc1ccc(Oc2ccc(-c3cscn3)c(Cl)c2)cc1. The molecule has 3 rings (SSSR count). The first-order valence-corrected chi connectivity index (χ1v) is 7.54. The molecule has 0 aliphatic heterocycles. The first kappa shape index (κ1) is 13.4. The molecule has 2 nitrogen and oxygen atoms in total. The van der Waals surface area contributed by atoms with Gasteiger partial charge in [0.25, 0.3) is 0 Å². The van der Waals surface area contributed by atoms with Crippen molar-refractivity contribution in [1.29, 1.82) is 0 Å². The van der Waals surface area contributed by atoms with E-state index in [1.54, 1.807) is 23.7 Å². The number of rotatable bonds is 3. The van der Waals surface area contributed by atoms with Crippen LogP contribution in [0.5, 0.6) is 11.5 Å². The van der Waals surface area contributed by atoms with Gasteiger partial charge in [-0.25, -0.2) is 4.98 Å². The summed E-state index contributed by atoms with van der Waals surface area (Å²) in [4.78, 5) is 4.25. The summed E-state index contributed by atoms with van der Waals surface area (Å²) in [5.41, 5.74) is 3.55. The highest BCUT2D eigenvalue weighted by atomic mass is 35.5. The van der Waals surface area contributed by atoms with E-state index in [1.807, 2.05) is 29.6 Å². The van der Waals surface area contributed by atoms with Crippen LogP contribution >= 0.6 is 34.5 Å². The zero-order valence-corrected chi connectivity index (χ0v) is 12.5. The van der Waals surface area contributed by atoms with E-state index in [0.29, 0.717) is 21.5 Å². The molecule has 0 radical (unpaired) electrons. The maximum absolute atomic E-state index is 6.28. The summed E-state index contributed by atoms with van der Waals surface area (Å²) in [7, 11) is 0. The Hall–Kier alpha value is -1.55. The Morgan fingerprint density at radius 2 is 1.70 bits per heavy atom. The lowest BCUT2D eigenvalue weighted by Crippen LogP contribution is -1.85. The van der Waals surface area contributed by atoms with E-state index in [-0.39, 0.29) is 0 Å². The molecule has 1 heterocycles. The number of nitrogens with zero attached hydrogens (tertiary/aromatic N) is 1. The lowest BCUT2D eigenvalue weighted by Gasteiger charge is -2.08. The van der Waals surface area contributed by atoms with Crippen LogP contribution < -0.4 is 4.74 Å². The van der Waals surface area contributed by atoms with Crippen molar-refractivity contribution in [2.45, 2.75) is 0 Å². The van der Waals surface area contributed by atoms with E-state index >= 15 is 0 Å². The van der Waals surface area contributed by atoms with Gasteiger partial charge >= 0.3 is 0 Å². The fourth-order valence-corrected chi connectivity index (χ4v) is 2.70. The maximum Gasteiger partial charge on any atom is 0.128 e. The topological polar surface area (TPSA) is 22.1 Å². The van der Waals surface area contributed by atoms with Gasteiger partial charge in [-0.05, 0) is 36.4 Å². The quantitative estimate of drug-likeness (QED) is 0.598. The molecule has 0 saturated heterocycles. The minimum atomic E-state index is 0.613. The summed E-state index contributed by atoms with van der Waals surface area (Å²) < 4.78 is 5.73. The molecule has 3 aromatic rings. The fraction of sp³-hybridized carbons (Fsp3) is 0. The molecule has 0 fully saturated rings. The first-order chi connectivity index (χ1) is 9.72. The average molecular weight is 322 g/mol. The molecule has 0 bridgehead atoms. The molecule has 0 aliphatic carbocycles. The van der Waals surface area contributed by atoms with Crippen LogP contribution in [0.3, 0.4) is 0 Å². The smallest absolute Gasteiger partial charge is 0.128 e. The molecule has 0 aliphatic rings. The van der Waals surface area contributed by atoms with Crippen molar-refractivity contribution in [3.05, 3.63) is 63.4 Å². The monoisotopic (exact) mass is 321 g/mol. The zero-order chi connectivity index (χ0) is 13.9. The second-order valence-electron chi connectivity index (χ2n) is 4.07. The normalized spacial score (nSPS) is 10.5. The summed E-state index contributed by atoms with van der Waals surface area (Å²) in [6, 6.07) is 12.7. The van der Waals surface area contributed by atoms with Gasteiger partial charge in [0.05, 0.1) is 16.2 Å². The third kappa shape index (κ3) is 2.96. The summed E-state index contributed by atoms with van der Waals surface area (Å²) in [6.07, 6.45) is 0. The van der Waals surface area contributed by atoms with E-state index in [2.05, 4.69) is 4.98 Å². The molecule has 2 aromatic carbocycles. The number of hydrogen-bond donors (Lipinski definition) is 0. The Morgan fingerprint density at radius 1 is 0.950 bits per heavy atom. The van der Waals surface area contributed by atoms with Crippen LogP contribution in [0.25, 0.3) is 11.3 Å². The van der Waals surface area contributed by atoms with Crippen LogP contribution in [0.15, 0.2) is 53.4 Å². The van der Waals surface area contributed by atoms with Crippen molar-refractivity contribution < 1.29 is 4.74 Å². The van der Waals surface area contributed by atoms with Gasteiger partial charge in [0.15, 0.2) is 0 Å². The molecule has 0 atom stereocenters. The van der Waals surface area contributed by atoms with Crippen LogP contribution in [0.4, 0.5) is 0 Å². The summed E-state index contributed by atoms with van der Waals surface area (Å²) in [6.45, 7) is 0. The maximum atomic E-state index is 6.28. The summed E-state index contributed by atoms with van der Waals surface area (Å²) in [5.74, 6) is 1.39. The standard InChI is InChI=1S/C15H9Cl2NOS/c16-10-1-3-11(4-2-10)19-12-5-6-13(14(17)7-12)15-8-20-9-18-15/h1-9H. The van der Waals surface area contributed by atoms with E-state index in [9.17, 15) is 0 Å². The zero-order valence-electron chi connectivity index (χ0n) is 10.2. The molecule has 0 unspecified atom stereocenters. The van der Waals surface area contributed by atoms with Gasteiger partial charge in [-0.3, -0.25) is 0 Å². The molecule has 5 heteroatoms. The predicted molar refractivity (Wildman–Crippen MR) is 84.1 cm³/mol. The Balaban J connectivity index is 1.85. The van der Waals surface area contributed by atoms with Crippen molar-refractivity contribution in [2.75, 3.05) is 0 Å². The van der Waals surface area contributed by atoms with Gasteiger partial charge < -0.3 is 4.74 Å². The molecule has 100 valence electrons. The van der Waals surface area contributed by atoms with Crippen LogP contribution in [-0.2, 0) is 0 Å². The fourth-order valence-electron chi connectivity index (χ4n) is 1.75. The minimum absolute atomic E-state index is 0.613. The number of ether oxygens (including phenoxy) is 1. The Bertz CT molecular complexity index is 711. The van der Waals surface area contributed by atoms with E-state index < -0.39 is 0 Å². The van der Waals surface area contributed by atoms with Gasteiger partial charge in [-0.15, -0.1) is 11.3 Å². The highest BCUT2D eigenvalue weighted by Crippen LogP contribution is 2.32. The van der Waals surface area contributed by atoms with Crippen molar-refractivity contribution in [3.63, 3.8) is 0 Å². The van der Waals surface area contributed by atoms with E-state index in [1.165, 1.54) is 11.3 Å². The van der Waals surface area contributed by atoms with Crippen LogP contribution in [0.1, 0.15) is 0 Å². The Labute approximate surface area is 130 Å². The first-order valence-electron chi connectivity index (χ1n) is 5.84. The van der Waals surface area contributed by atoms with Crippen molar-refractivity contribution in [1.82, 2.24) is 4.98 Å². The number of halogens is 2. The third-order valence-electron chi connectivity index (χ3n) is 2.70. The lowest BCUT2D eigenvalue weighted by atomic mass is 10.1. The van der Waals surface area contributed by atoms with E-state index in [0.717, 1.165) is 11.3 Å². The molecule has 1 aromatic heterocycles. The van der Waals surface area contributed by atoms with Gasteiger partial charge in [0.2, 0.25) is 0 Å². The Kier molecular flexibility index (Phi) is 3.92. The van der Waals surface area contributed by atoms with E-state index in [4.69, 9.17) is 27.9 Å². The van der Waals surface area contributed by atoms with Gasteiger partial charge in [0.1, 0.15) is 11.5 Å². The number of aromatic nitrogens is 1. The van der Waals surface area contributed by atoms with Crippen LogP contribution in [0, 0.1) is 0 Å². The van der Waals surface area contributed by atoms with Gasteiger partial charge in [0, 0.05) is 22.0 Å².